The van der Waals surface area contributed by atoms with E-state index in [9.17, 15) is 18.0 Å². The lowest BCUT2D eigenvalue weighted by Gasteiger charge is -2.34. The highest BCUT2D eigenvalue weighted by Gasteiger charge is 2.38. The molecule has 0 radical (unpaired) electrons. The quantitative estimate of drug-likeness (QED) is 0.674. The van der Waals surface area contributed by atoms with Crippen molar-refractivity contribution in [1.82, 2.24) is 14.5 Å². The monoisotopic (exact) mass is 486 g/mol. The summed E-state index contributed by atoms with van der Waals surface area (Å²) >= 11 is 5.99. The number of hydrogen-bond acceptors (Lipinski definition) is 5. The van der Waals surface area contributed by atoms with Gasteiger partial charge in [0.25, 0.3) is 5.91 Å². The molecule has 1 atom stereocenters. The molecule has 1 N–H and O–H groups in total. The normalized spacial score (nSPS) is 19.0. The van der Waals surface area contributed by atoms with Crippen LogP contribution in [0.1, 0.15) is 28.8 Å². The number of carbonyl (C=O) groups is 2. The first-order chi connectivity index (χ1) is 15.8. The minimum Gasteiger partial charge on any atom is -0.350 e. The number of hydrogen-bond donors (Lipinski definition) is 1. The Morgan fingerprint density at radius 2 is 1.91 bits per heavy atom. The molecule has 2 aromatic rings. The fourth-order valence-electron chi connectivity index (χ4n) is 4.06. The Hall–Kier alpha value is -2.93. The second-order valence-corrected chi connectivity index (χ2v) is 10.6. The van der Waals surface area contributed by atoms with E-state index in [4.69, 9.17) is 16.9 Å². The van der Waals surface area contributed by atoms with Gasteiger partial charge in [-0.2, -0.15) is 9.57 Å². The average molecular weight is 487 g/mol. The summed E-state index contributed by atoms with van der Waals surface area (Å²) < 4.78 is 26.8. The Bertz CT molecular complexity index is 1220. The van der Waals surface area contributed by atoms with Crippen molar-refractivity contribution in [2.24, 2.45) is 5.92 Å². The Balaban J connectivity index is 1.45. The first kappa shape index (κ1) is 23.2. The summed E-state index contributed by atoms with van der Waals surface area (Å²) in [6, 6.07) is 14.5. The number of benzene rings is 2. The van der Waals surface area contributed by atoms with Gasteiger partial charge in [-0.25, -0.2) is 8.42 Å². The molecule has 2 aromatic carbocycles. The fourth-order valence-corrected chi connectivity index (χ4v) is 5.85. The molecular weight excluding hydrogens is 464 g/mol. The molecule has 10 heteroatoms. The number of halogens is 1. The molecule has 2 fully saturated rings. The zero-order valence-corrected chi connectivity index (χ0v) is 19.3. The number of likely N-dealkylation sites (tertiary alicyclic amines) is 1. The van der Waals surface area contributed by atoms with Crippen LogP contribution in [0.4, 0.5) is 0 Å². The molecule has 2 aliphatic rings. The zero-order valence-electron chi connectivity index (χ0n) is 17.8. The van der Waals surface area contributed by atoms with Crippen LogP contribution in [-0.4, -0.2) is 55.1 Å². The van der Waals surface area contributed by atoms with E-state index in [1.54, 1.807) is 24.3 Å². The van der Waals surface area contributed by atoms with Gasteiger partial charge in [0.15, 0.2) is 0 Å². The lowest BCUT2D eigenvalue weighted by Crippen LogP contribution is -2.49. The number of nitriles is 1. The third-order valence-corrected chi connectivity index (χ3v) is 7.98. The summed E-state index contributed by atoms with van der Waals surface area (Å²) in [6.07, 6.45) is 1.22. The van der Waals surface area contributed by atoms with Crippen molar-refractivity contribution < 1.29 is 18.0 Å². The highest BCUT2D eigenvalue weighted by atomic mass is 35.5. The minimum absolute atomic E-state index is 0.00546. The van der Waals surface area contributed by atoms with Gasteiger partial charge in [-0.05, 0) is 48.7 Å². The van der Waals surface area contributed by atoms with E-state index >= 15 is 0 Å². The average Bonchev–Trinajstić information content (AvgIpc) is 3.26. The number of sulfonamides is 1. The lowest BCUT2D eigenvalue weighted by molar-refractivity contribution is -0.125. The molecule has 172 valence electrons. The molecule has 8 nitrogen and oxygen atoms in total. The molecule has 2 aliphatic heterocycles. The van der Waals surface area contributed by atoms with Gasteiger partial charge in [-0.15, -0.1) is 0 Å². The molecule has 4 rings (SSSR count). The van der Waals surface area contributed by atoms with E-state index in [-0.39, 0.29) is 41.3 Å². The van der Waals surface area contributed by atoms with Crippen LogP contribution in [0.15, 0.2) is 53.4 Å². The fraction of sp³-hybridized carbons (Fsp3) is 0.348. The number of carbonyl (C=O) groups excluding carboxylic acids is 2. The van der Waals surface area contributed by atoms with Crippen LogP contribution in [0.2, 0.25) is 5.02 Å². The van der Waals surface area contributed by atoms with Crippen molar-refractivity contribution in [1.29, 1.82) is 5.26 Å². The van der Waals surface area contributed by atoms with Gasteiger partial charge >= 0.3 is 0 Å². The summed E-state index contributed by atoms with van der Waals surface area (Å²) in [7, 11) is -3.78. The molecule has 0 bridgehead atoms. The molecular formula is C23H23ClN4O4S. The van der Waals surface area contributed by atoms with Gasteiger partial charge < -0.3 is 10.2 Å². The van der Waals surface area contributed by atoms with Crippen molar-refractivity contribution in [3.63, 3.8) is 0 Å². The van der Waals surface area contributed by atoms with Crippen LogP contribution in [0.3, 0.4) is 0 Å². The van der Waals surface area contributed by atoms with Crippen LogP contribution in [0.5, 0.6) is 0 Å². The lowest BCUT2D eigenvalue weighted by atomic mass is 10.1. The first-order valence-corrected chi connectivity index (χ1v) is 12.4. The zero-order chi connectivity index (χ0) is 23.6. The maximum Gasteiger partial charge on any atom is 0.254 e. The Morgan fingerprint density at radius 1 is 1.15 bits per heavy atom. The summed E-state index contributed by atoms with van der Waals surface area (Å²) in [5.74, 6) is -0.945. The van der Waals surface area contributed by atoms with Crippen LogP contribution >= 0.6 is 11.6 Å². The van der Waals surface area contributed by atoms with E-state index in [1.165, 1.54) is 27.4 Å². The molecule has 0 aromatic heterocycles. The van der Waals surface area contributed by atoms with E-state index in [0.717, 1.165) is 5.56 Å². The number of rotatable bonds is 6. The van der Waals surface area contributed by atoms with E-state index in [0.29, 0.717) is 31.0 Å². The molecule has 0 aliphatic carbocycles. The largest absolute Gasteiger partial charge is 0.350 e. The third kappa shape index (κ3) is 4.88. The van der Waals surface area contributed by atoms with Crippen LogP contribution < -0.4 is 5.32 Å². The van der Waals surface area contributed by atoms with Gasteiger partial charge in [0.05, 0.1) is 16.9 Å². The molecule has 2 heterocycles. The van der Waals surface area contributed by atoms with Crippen molar-refractivity contribution in [2.75, 3.05) is 19.6 Å². The molecule has 0 saturated carbocycles. The topological polar surface area (TPSA) is 111 Å². The second kappa shape index (κ2) is 9.51. The van der Waals surface area contributed by atoms with E-state index < -0.39 is 16.1 Å². The summed E-state index contributed by atoms with van der Waals surface area (Å²) in [5, 5.41) is 12.3. The standard InChI is InChI=1S/C23H23ClN4O4S/c24-19-6-1-4-16(10-19)13-26-22(29)21-8-3-9-28(21)23(30)18-5-2-7-20(11-18)33(31,32)27-14-17(12-25)15-27/h1-2,4-7,10-11,17,21H,3,8-9,13-15H2,(H,26,29)/t21-/m1/s1. The third-order valence-electron chi connectivity index (χ3n) is 5.92. The van der Waals surface area contributed by atoms with Gasteiger partial charge in [0, 0.05) is 36.8 Å². The maximum atomic E-state index is 13.2. The molecule has 0 unspecified atom stereocenters. The maximum absolute atomic E-state index is 13.2. The number of nitrogens with zero attached hydrogens (tertiary/aromatic N) is 3. The van der Waals surface area contributed by atoms with Crippen LogP contribution in [-0.2, 0) is 21.4 Å². The number of nitrogens with one attached hydrogen (secondary N) is 1. The van der Waals surface area contributed by atoms with Gasteiger partial charge in [0.1, 0.15) is 6.04 Å². The smallest absolute Gasteiger partial charge is 0.254 e. The molecule has 33 heavy (non-hydrogen) atoms. The van der Waals surface area contributed by atoms with Gasteiger partial charge in [-0.3, -0.25) is 9.59 Å². The Kier molecular flexibility index (Phi) is 6.70. The van der Waals surface area contributed by atoms with Crippen molar-refractivity contribution in [3.8, 4) is 6.07 Å². The van der Waals surface area contributed by atoms with Gasteiger partial charge in [0.2, 0.25) is 15.9 Å². The Labute approximate surface area is 197 Å². The van der Waals surface area contributed by atoms with Crippen LogP contribution in [0, 0.1) is 17.2 Å². The Morgan fingerprint density at radius 3 is 2.64 bits per heavy atom. The summed E-state index contributed by atoms with van der Waals surface area (Å²) in [5.41, 5.74) is 1.07. The minimum atomic E-state index is -3.78. The predicted octanol–water partition coefficient (Wildman–Crippen LogP) is 2.41. The van der Waals surface area contributed by atoms with E-state index in [2.05, 4.69) is 5.32 Å². The first-order valence-electron chi connectivity index (χ1n) is 10.6. The summed E-state index contributed by atoms with van der Waals surface area (Å²) in [6.45, 7) is 1.02. The van der Waals surface area contributed by atoms with Crippen molar-refractivity contribution in [3.05, 3.63) is 64.7 Å². The number of amides is 2. The molecule has 2 amide bonds. The van der Waals surface area contributed by atoms with Crippen LogP contribution in [0.25, 0.3) is 0 Å². The summed E-state index contributed by atoms with van der Waals surface area (Å²) in [4.78, 5) is 27.5. The van der Waals surface area contributed by atoms with Crippen molar-refractivity contribution >= 4 is 33.4 Å². The predicted molar refractivity (Wildman–Crippen MR) is 122 cm³/mol. The highest BCUT2D eigenvalue weighted by Crippen LogP contribution is 2.27. The molecule has 0 spiro atoms. The second-order valence-electron chi connectivity index (χ2n) is 8.18. The SMILES string of the molecule is N#CC1CN(S(=O)(=O)c2cccc(C(=O)N3CCC[C@@H]3C(=O)NCc3cccc(Cl)c3)c2)C1. The molecule has 2 saturated heterocycles. The van der Waals surface area contributed by atoms with E-state index in [1.807, 2.05) is 12.1 Å². The highest BCUT2D eigenvalue weighted by molar-refractivity contribution is 7.89. The van der Waals surface area contributed by atoms with Gasteiger partial charge in [-0.1, -0.05) is 29.8 Å². The van der Waals surface area contributed by atoms with Crippen molar-refractivity contribution in [2.45, 2.75) is 30.3 Å².